The Morgan fingerprint density at radius 3 is 2.95 bits per heavy atom. The predicted octanol–water partition coefficient (Wildman–Crippen LogP) is 3.17. The third-order valence-corrected chi connectivity index (χ3v) is 4.92. The largest absolute Gasteiger partial charge is 0.480 e. The van der Waals surface area contributed by atoms with Gasteiger partial charge in [-0.05, 0) is 12.1 Å². The van der Waals surface area contributed by atoms with Crippen molar-refractivity contribution in [1.82, 2.24) is 4.98 Å². The van der Waals surface area contributed by atoms with Crippen molar-refractivity contribution in [2.24, 2.45) is 5.73 Å². The Morgan fingerprint density at radius 1 is 1.53 bits per heavy atom. The van der Waals surface area contributed by atoms with Crippen molar-refractivity contribution in [3.8, 4) is 0 Å². The van der Waals surface area contributed by atoms with E-state index in [1.54, 1.807) is 17.1 Å². The van der Waals surface area contributed by atoms with Gasteiger partial charge < -0.3 is 10.8 Å². The maximum atomic E-state index is 10.7. The van der Waals surface area contributed by atoms with Crippen molar-refractivity contribution in [3.63, 3.8) is 0 Å². The lowest BCUT2D eigenvalue weighted by molar-refractivity contribution is -0.138. The SMILES string of the molecule is NC(C(=O)O)c1csc(CSc2ccccc2Cl)n1. The van der Waals surface area contributed by atoms with Gasteiger partial charge in [0.05, 0.1) is 16.5 Å². The number of aliphatic carboxylic acids is 1. The third-order valence-electron chi connectivity index (χ3n) is 2.34. The molecule has 100 valence electrons. The molecular weight excluding hydrogens is 304 g/mol. The number of carboxylic acids is 1. The van der Waals surface area contributed by atoms with Gasteiger partial charge in [-0.2, -0.15) is 0 Å². The van der Waals surface area contributed by atoms with Gasteiger partial charge in [-0.15, -0.1) is 23.1 Å². The lowest BCUT2D eigenvalue weighted by Crippen LogP contribution is -2.20. The molecule has 0 aliphatic rings. The topological polar surface area (TPSA) is 76.2 Å². The summed E-state index contributed by atoms with van der Waals surface area (Å²) in [5, 5.41) is 12.0. The number of halogens is 1. The normalized spacial score (nSPS) is 12.3. The van der Waals surface area contributed by atoms with Crippen LogP contribution in [-0.2, 0) is 10.5 Å². The van der Waals surface area contributed by atoms with Crippen molar-refractivity contribution in [2.75, 3.05) is 0 Å². The van der Waals surface area contributed by atoms with Crippen LogP contribution in [0.5, 0.6) is 0 Å². The highest BCUT2D eigenvalue weighted by Crippen LogP contribution is 2.30. The monoisotopic (exact) mass is 314 g/mol. The lowest BCUT2D eigenvalue weighted by Gasteiger charge is -2.02. The van der Waals surface area contributed by atoms with Gasteiger partial charge in [0, 0.05) is 10.3 Å². The maximum Gasteiger partial charge on any atom is 0.326 e. The lowest BCUT2D eigenvalue weighted by atomic mass is 10.2. The number of benzene rings is 1. The zero-order valence-corrected chi connectivity index (χ0v) is 12.1. The van der Waals surface area contributed by atoms with E-state index in [4.69, 9.17) is 22.4 Å². The van der Waals surface area contributed by atoms with E-state index in [0.717, 1.165) is 9.90 Å². The minimum Gasteiger partial charge on any atom is -0.480 e. The standard InChI is InChI=1S/C12H11ClN2O2S2/c13-7-3-1-2-4-9(7)18-6-10-15-8(5-19-10)11(14)12(16)17/h1-5,11H,6,14H2,(H,16,17). The molecule has 1 aromatic carbocycles. The zero-order valence-electron chi connectivity index (χ0n) is 9.75. The molecule has 1 unspecified atom stereocenters. The van der Waals surface area contributed by atoms with Crippen LogP contribution in [0.4, 0.5) is 0 Å². The Balaban J connectivity index is 2.01. The summed E-state index contributed by atoms with van der Waals surface area (Å²) >= 11 is 9.02. The highest BCUT2D eigenvalue weighted by Gasteiger charge is 2.17. The Morgan fingerprint density at radius 2 is 2.26 bits per heavy atom. The van der Waals surface area contributed by atoms with Crippen LogP contribution in [0.1, 0.15) is 16.7 Å². The van der Waals surface area contributed by atoms with Crippen LogP contribution in [0.3, 0.4) is 0 Å². The number of nitrogens with two attached hydrogens (primary N) is 1. The van der Waals surface area contributed by atoms with E-state index in [2.05, 4.69) is 4.98 Å². The highest BCUT2D eigenvalue weighted by atomic mass is 35.5. The number of nitrogens with zero attached hydrogens (tertiary/aromatic N) is 1. The molecular formula is C12H11ClN2O2S2. The Kier molecular flexibility index (Phi) is 4.81. The summed E-state index contributed by atoms with van der Waals surface area (Å²) in [6, 6.07) is 6.50. The third kappa shape index (κ3) is 3.70. The molecule has 2 rings (SSSR count). The molecule has 1 heterocycles. The molecule has 0 saturated heterocycles. The summed E-state index contributed by atoms with van der Waals surface area (Å²) in [7, 11) is 0. The quantitative estimate of drug-likeness (QED) is 0.829. The molecule has 0 aliphatic carbocycles. The van der Waals surface area contributed by atoms with E-state index < -0.39 is 12.0 Å². The summed E-state index contributed by atoms with van der Waals surface area (Å²) in [6.07, 6.45) is 0. The van der Waals surface area contributed by atoms with E-state index in [9.17, 15) is 4.79 Å². The first kappa shape index (κ1) is 14.3. The molecule has 7 heteroatoms. The molecule has 0 fully saturated rings. The number of hydrogen-bond acceptors (Lipinski definition) is 5. The fraction of sp³-hybridized carbons (Fsp3) is 0.167. The van der Waals surface area contributed by atoms with Crippen LogP contribution in [0.25, 0.3) is 0 Å². The van der Waals surface area contributed by atoms with Gasteiger partial charge in [0.25, 0.3) is 0 Å². The average Bonchev–Trinajstić information content (AvgIpc) is 2.85. The average molecular weight is 315 g/mol. The van der Waals surface area contributed by atoms with Gasteiger partial charge >= 0.3 is 5.97 Å². The molecule has 0 aliphatic heterocycles. The van der Waals surface area contributed by atoms with Crippen LogP contribution in [-0.4, -0.2) is 16.1 Å². The molecule has 19 heavy (non-hydrogen) atoms. The van der Waals surface area contributed by atoms with Crippen molar-refractivity contribution in [3.05, 3.63) is 45.4 Å². The van der Waals surface area contributed by atoms with Crippen LogP contribution < -0.4 is 5.73 Å². The molecule has 1 atom stereocenters. The fourth-order valence-corrected chi connectivity index (χ4v) is 3.45. The first-order chi connectivity index (χ1) is 9.08. The van der Waals surface area contributed by atoms with E-state index in [0.29, 0.717) is 16.5 Å². The smallest absolute Gasteiger partial charge is 0.326 e. The van der Waals surface area contributed by atoms with E-state index in [-0.39, 0.29) is 0 Å². The number of rotatable bonds is 5. The molecule has 0 spiro atoms. The second-order valence-corrected chi connectivity index (χ2v) is 6.07. The number of carbonyl (C=O) groups is 1. The fourth-order valence-electron chi connectivity index (χ4n) is 1.36. The second-order valence-electron chi connectivity index (χ2n) is 3.70. The van der Waals surface area contributed by atoms with Crippen molar-refractivity contribution in [1.29, 1.82) is 0 Å². The summed E-state index contributed by atoms with van der Waals surface area (Å²) in [5.74, 6) is -0.434. The first-order valence-electron chi connectivity index (χ1n) is 5.38. The van der Waals surface area contributed by atoms with E-state index in [1.807, 2.05) is 24.3 Å². The van der Waals surface area contributed by atoms with Crippen LogP contribution in [0.15, 0.2) is 34.5 Å². The second kappa shape index (κ2) is 6.38. The van der Waals surface area contributed by atoms with Gasteiger partial charge in [0.2, 0.25) is 0 Å². The van der Waals surface area contributed by atoms with Gasteiger partial charge in [-0.1, -0.05) is 23.7 Å². The Bertz CT molecular complexity index is 589. The minimum atomic E-state index is -1.07. The zero-order chi connectivity index (χ0) is 13.8. The predicted molar refractivity (Wildman–Crippen MR) is 77.7 cm³/mol. The Hall–Kier alpha value is -1.08. The number of aromatic nitrogens is 1. The number of thioether (sulfide) groups is 1. The van der Waals surface area contributed by atoms with Gasteiger partial charge in [0.15, 0.2) is 0 Å². The van der Waals surface area contributed by atoms with Crippen molar-refractivity contribution >= 4 is 40.7 Å². The van der Waals surface area contributed by atoms with Crippen LogP contribution >= 0.6 is 34.7 Å². The summed E-state index contributed by atoms with van der Waals surface area (Å²) in [4.78, 5) is 16.0. The molecule has 0 amide bonds. The summed E-state index contributed by atoms with van der Waals surface area (Å²) in [6.45, 7) is 0. The molecule has 0 bridgehead atoms. The molecule has 0 radical (unpaired) electrons. The number of carboxylic acid groups (broad SMARTS) is 1. The van der Waals surface area contributed by atoms with E-state index in [1.165, 1.54) is 11.3 Å². The van der Waals surface area contributed by atoms with Crippen LogP contribution in [0, 0.1) is 0 Å². The van der Waals surface area contributed by atoms with Crippen LogP contribution in [0.2, 0.25) is 5.02 Å². The first-order valence-corrected chi connectivity index (χ1v) is 7.62. The van der Waals surface area contributed by atoms with Crippen molar-refractivity contribution < 1.29 is 9.90 Å². The minimum absolute atomic E-state index is 0.396. The van der Waals surface area contributed by atoms with Gasteiger partial charge in [-0.3, -0.25) is 4.79 Å². The summed E-state index contributed by atoms with van der Waals surface area (Å²) in [5.41, 5.74) is 5.89. The molecule has 1 aromatic heterocycles. The molecule has 4 nitrogen and oxygen atoms in total. The summed E-state index contributed by atoms with van der Waals surface area (Å²) < 4.78 is 0. The van der Waals surface area contributed by atoms with Gasteiger partial charge in [-0.25, -0.2) is 4.98 Å². The molecule has 2 aromatic rings. The van der Waals surface area contributed by atoms with E-state index >= 15 is 0 Å². The van der Waals surface area contributed by atoms with Crippen molar-refractivity contribution in [2.45, 2.75) is 16.7 Å². The Labute approximate surface area is 123 Å². The highest BCUT2D eigenvalue weighted by molar-refractivity contribution is 7.98. The molecule has 0 saturated carbocycles. The van der Waals surface area contributed by atoms with Gasteiger partial charge in [0.1, 0.15) is 11.0 Å². The number of thiazole rings is 1. The molecule has 3 N–H and O–H groups in total. The number of hydrogen-bond donors (Lipinski definition) is 2. The maximum absolute atomic E-state index is 10.7.